The molecule has 0 saturated carbocycles. The molecular weight excluding hydrogens is 252 g/mol. The molecule has 0 aliphatic rings. The van der Waals surface area contributed by atoms with Crippen molar-refractivity contribution in [2.45, 2.75) is 56.7 Å². The number of hydrogen-bond donors (Lipinski definition) is 3. The van der Waals surface area contributed by atoms with Crippen LogP contribution in [0.15, 0.2) is 0 Å². The predicted octanol–water partition coefficient (Wildman–Crippen LogP) is 0.785. The third kappa shape index (κ3) is 2.41. The first-order valence-electron chi connectivity index (χ1n) is 5.82. The fourth-order valence-corrected chi connectivity index (χ4v) is 14.8. The van der Waals surface area contributed by atoms with E-state index in [1.807, 2.05) is 39.3 Å². The van der Waals surface area contributed by atoms with E-state index in [1.54, 1.807) is 0 Å². The average Bonchev–Trinajstić information content (AvgIpc) is 2.11. The fourth-order valence-electron chi connectivity index (χ4n) is 2.85. The maximum atomic E-state index is 11.7. The van der Waals surface area contributed by atoms with Crippen LogP contribution in [0.5, 0.6) is 0 Å². The van der Waals surface area contributed by atoms with Crippen molar-refractivity contribution >= 4 is 21.9 Å². The first-order chi connectivity index (χ1) is 7.25. The van der Waals surface area contributed by atoms with Crippen LogP contribution in [-0.2, 0) is 4.79 Å². The van der Waals surface area contributed by atoms with Crippen molar-refractivity contribution < 1.29 is 20.1 Å². The van der Waals surface area contributed by atoms with Gasteiger partial charge in [-0.3, -0.25) is 4.79 Å². The Bertz CT molecular complexity index is 290. The Labute approximate surface area is 106 Å². The summed E-state index contributed by atoms with van der Waals surface area (Å²) >= 11 is 0. The Hall–Kier alpha value is -0.0162. The van der Waals surface area contributed by atoms with Gasteiger partial charge in [0.05, 0.1) is 27.6 Å². The summed E-state index contributed by atoms with van der Waals surface area (Å²) in [5.41, 5.74) is -2.04. The van der Waals surface area contributed by atoms with Crippen LogP contribution in [0.25, 0.3) is 0 Å². The van der Waals surface area contributed by atoms with Gasteiger partial charge < -0.3 is 15.3 Å². The first kappa shape index (κ1) is 17.0. The molecule has 0 bridgehead atoms. The van der Waals surface area contributed by atoms with Crippen molar-refractivity contribution in [1.82, 2.24) is 0 Å². The van der Waals surface area contributed by atoms with Crippen molar-refractivity contribution in [1.29, 1.82) is 0 Å². The zero-order chi connectivity index (χ0) is 14.3. The van der Waals surface area contributed by atoms with Gasteiger partial charge in [0.15, 0.2) is 11.4 Å². The SMILES string of the molecule is CC(=O)C(O)(CO)C(O)([Si](C)(C)C)[Si](C)(C)C. The summed E-state index contributed by atoms with van der Waals surface area (Å²) in [6.07, 6.45) is 0. The largest absolute Gasteiger partial charge is 0.393 e. The third-order valence-electron chi connectivity index (χ3n) is 3.58. The Morgan fingerprint density at radius 1 is 1.00 bits per heavy atom. The molecule has 4 nitrogen and oxygen atoms in total. The van der Waals surface area contributed by atoms with Gasteiger partial charge >= 0.3 is 0 Å². The molecule has 6 heteroatoms. The van der Waals surface area contributed by atoms with Crippen LogP contribution in [0.3, 0.4) is 0 Å². The molecule has 1 unspecified atom stereocenters. The van der Waals surface area contributed by atoms with E-state index in [2.05, 4.69) is 0 Å². The average molecular weight is 278 g/mol. The zero-order valence-corrected chi connectivity index (χ0v) is 14.0. The predicted molar refractivity (Wildman–Crippen MR) is 74.4 cm³/mol. The van der Waals surface area contributed by atoms with Crippen LogP contribution in [0.4, 0.5) is 0 Å². The molecule has 0 fully saturated rings. The number of carbonyl (C=O) groups excluding carboxylic acids is 1. The van der Waals surface area contributed by atoms with Crippen LogP contribution in [0.1, 0.15) is 6.92 Å². The topological polar surface area (TPSA) is 77.8 Å². The minimum Gasteiger partial charge on any atom is -0.393 e. The standard InChI is InChI=1S/C11H26O4Si2/c1-9(13)10(14,8-12)11(15,16(2,3)4)17(5,6)7/h12,14-15H,8H2,1-7H3. The number of Topliss-reactive ketones (excluding diaryl/α,β-unsaturated/α-hetero) is 1. The third-order valence-corrected chi connectivity index (χ3v) is 13.2. The number of ketones is 1. The number of aliphatic hydroxyl groups is 3. The van der Waals surface area contributed by atoms with Crippen LogP contribution >= 0.6 is 0 Å². The molecule has 102 valence electrons. The summed E-state index contributed by atoms with van der Waals surface area (Å²) in [7, 11) is -4.56. The molecule has 17 heavy (non-hydrogen) atoms. The molecule has 3 N–H and O–H groups in total. The molecule has 0 aliphatic heterocycles. The quantitative estimate of drug-likeness (QED) is 0.650. The van der Waals surface area contributed by atoms with E-state index in [0.717, 1.165) is 0 Å². The number of carbonyl (C=O) groups is 1. The lowest BCUT2D eigenvalue weighted by Gasteiger charge is -2.55. The van der Waals surface area contributed by atoms with Crippen LogP contribution in [0, 0.1) is 0 Å². The van der Waals surface area contributed by atoms with E-state index in [-0.39, 0.29) is 0 Å². The molecule has 0 aromatic heterocycles. The number of aliphatic hydroxyl groups excluding tert-OH is 1. The van der Waals surface area contributed by atoms with Gasteiger partial charge in [-0.25, -0.2) is 0 Å². The van der Waals surface area contributed by atoms with Crippen LogP contribution < -0.4 is 0 Å². The molecule has 0 aromatic carbocycles. The molecular formula is C11H26O4Si2. The van der Waals surface area contributed by atoms with Crippen molar-refractivity contribution in [3.63, 3.8) is 0 Å². The summed E-state index contributed by atoms with van der Waals surface area (Å²) < 4.78 is 0. The maximum absolute atomic E-state index is 11.7. The highest BCUT2D eigenvalue weighted by Crippen LogP contribution is 2.40. The maximum Gasteiger partial charge on any atom is 0.168 e. The van der Waals surface area contributed by atoms with Gasteiger partial charge in [0, 0.05) is 0 Å². The van der Waals surface area contributed by atoms with Gasteiger partial charge in [0.2, 0.25) is 0 Å². The van der Waals surface area contributed by atoms with E-state index in [4.69, 9.17) is 0 Å². The lowest BCUT2D eigenvalue weighted by Crippen LogP contribution is -2.80. The lowest BCUT2D eigenvalue weighted by atomic mass is 10.0. The second-order valence-electron chi connectivity index (χ2n) is 6.78. The second kappa shape index (κ2) is 4.58. The van der Waals surface area contributed by atoms with Gasteiger partial charge in [-0.15, -0.1) is 0 Å². The highest BCUT2D eigenvalue weighted by atomic mass is 28.4. The zero-order valence-electron chi connectivity index (χ0n) is 12.0. The molecule has 0 aliphatic carbocycles. The fraction of sp³-hybridized carbons (Fsp3) is 0.909. The van der Waals surface area contributed by atoms with Gasteiger partial charge in [0.25, 0.3) is 0 Å². The van der Waals surface area contributed by atoms with Gasteiger partial charge in [0.1, 0.15) is 0 Å². The first-order valence-corrected chi connectivity index (χ1v) is 12.8. The summed E-state index contributed by atoms with van der Waals surface area (Å²) in [5, 5.41) is 31.0. The number of hydrogen-bond acceptors (Lipinski definition) is 4. The Kier molecular flexibility index (Phi) is 4.58. The Morgan fingerprint density at radius 3 is 1.35 bits per heavy atom. The Balaban J connectivity index is 6.08. The molecule has 0 heterocycles. The highest BCUT2D eigenvalue weighted by Gasteiger charge is 2.65. The van der Waals surface area contributed by atoms with E-state index in [0.29, 0.717) is 0 Å². The minimum absolute atomic E-state index is 0.563. The molecule has 1 atom stereocenters. The molecule has 0 amide bonds. The smallest absolute Gasteiger partial charge is 0.168 e. The molecule has 0 saturated heterocycles. The summed E-state index contributed by atoms with van der Waals surface area (Å²) in [4.78, 5) is 10.2. The molecule has 0 spiro atoms. The van der Waals surface area contributed by atoms with E-state index in [9.17, 15) is 20.1 Å². The van der Waals surface area contributed by atoms with Gasteiger partial charge in [-0.1, -0.05) is 39.3 Å². The minimum atomic E-state index is -2.28. The van der Waals surface area contributed by atoms with Crippen molar-refractivity contribution in [2.24, 2.45) is 0 Å². The van der Waals surface area contributed by atoms with Gasteiger partial charge in [-0.05, 0) is 6.92 Å². The number of rotatable bonds is 5. The van der Waals surface area contributed by atoms with Crippen molar-refractivity contribution in [3.05, 3.63) is 0 Å². The van der Waals surface area contributed by atoms with Gasteiger partial charge in [-0.2, -0.15) is 0 Å². The summed E-state index contributed by atoms with van der Waals surface area (Å²) in [6, 6.07) is 0. The summed E-state index contributed by atoms with van der Waals surface area (Å²) in [5.74, 6) is -0.563. The van der Waals surface area contributed by atoms with Crippen molar-refractivity contribution in [2.75, 3.05) is 6.61 Å². The summed E-state index contributed by atoms with van der Waals surface area (Å²) in [6.45, 7) is 12.0. The molecule has 0 rings (SSSR count). The monoisotopic (exact) mass is 278 g/mol. The van der Waals surface area contributed by atoms with E-state index in [1.165, 1.54) is 6.92 Å². The van der Waals surface area contributed by atoms with Crippen LogP contribution in [0.2, 0.25) is 39.3 Å². The van der Waals surface area contributed by atoms with Crippen LogP contribution in [-0.4, -0.2) is 54.3 Å². The Morgan fingerprint density at radius 2 is 1.29 bits per heavy atom. The second-order valence-corrected chi connectivity index (χ2v) is 17.7. The van der Waals surface area contributed by atoms with Crippen molar-refractivity contribution in [3.8, 4) is 0 Å². The highest BCUT2D eigenvalue weighted by molar-refractivity contribution is 6.99. The molecule has 0 radical (unpaired) electrons. The lowest BCUT2D eigenvalue weighted by molar-refractivity contribution is -0.154. The normalized spacial score (nSPS) is 17.8. The van der Waals surface area contributed by atoms with E-state index >= 15 is 0 Å². The van der Waals surface area contributed by atoms with E-state index < -0.39 is 39.0 Å². The molecule has 0 aromatic rings.